The molecule has 0 saturated carbocycles. The summed E-state index contributed by atoms with van der Waals surface area (Å²) < 4.78 is 32.1. The van der Waals surface area contributed by atoms with E-state index in [2.05, 4.69) is 10.3 Å². The molecule has 28 heavy (non-hydrogen) atoms. The molecule has 1 amide bonds. The van der Waals surface area contributed by atoms with Crippen molar-refractivity contribution in [2.45, 2.75) is 19.4 Å². The second-order valence-electron chi connectivity index (χ2n) is 6.58. The number of rotatable bonds is 6. The van der Waals surface area contributed by atoms with Crippen molar-refractivity contribution in [1.82, 2.24) is 10.3 Å². The van der Waals surface area contributed by atoms with E-state index in [1.807, 2.05) is 0 Å². The van der Waals surface area contributed by atoms with Crippen molar-refractivity contribution in [3.63, 3.8) is 0 Å². The second-order valence-corrected chi connectivity index (χ2v) is 6.58. The first-order valence-corrected chi connectivity index (χ1v) is 8.94. The van der Waals surface area contributed by atoms with Gasteiger partial charge in [-0.25, -0.2) is 8.78 Å². The van der Waals surface area contributed by atoms with Crippen LogP contribution in [0.4, 0.5) is 8.78 Å². The van der Waals surface area contributed by atoms with Gasteiger partial charge < -0.3 is 14.7 Å². The molecule has 6 heteroatoms. The van der Waals surface area contributed by atoms with Gasteiger partial charge in [-0.2, -0.15) is 0 Å². The van der Waals surface area contributed by atoms with Crippen molar-refractivity contribution < 1.29 is 18.0 Å². The number of nitrogens with one attached hydrogen (secondary N) is 2. The fourth-order valence-corrected chi connectivity index (χ4v) is 3.26. The Hall–Kier alpha value is -3.41. The number of carbonyl (C=O) groups excluding carboxylic acids is 1. The van der Waals surface area contributed by atoms with Crippen LogP contribution >= 0.6 is 0 Å². The van der Waals surface area contributed by atoms with Gasteiger partial charge in [-0.1, -0.05) is 0 Å². The molecule has 142 valence electrons. The third-order valence-electron chi connectivity index (χ3n) is 4.67. The predicted octanol–water partition coefficient (Wildman–Crippen LogP) is 4.96. The van der Waals surface area contributed by atoms with Crippen LogP contribution in [0, 0.1) is 11.6 Å². The number of aryl methyl sites for hydroxylation is 1. The summed E-state index contributed by atoms with van der Waals surface area (Å²) in [5.74, 6) is -0.786. The van der Waals surface area contributed by atoms with E-state index in [0.29, 0.717) is 13.0 Å². The number of benzene rings is 2. The van der Waals surface area contributed by atoms with Gasteiger partial charge in [0.2, 0.25) is 5.91 Å². The normalized spacial score (nSPS) is 11.1. The Morgan fingerprint density at radius 2 is 1.82 bits per heavy atom. The number of H-pyrrole nitrogens is 1. The number of fused-ring (bicyclic) bond motifs is 1. The lowest BCUT2D eigenvalue weighted by molar-refractivity contribution is -0.121. The SMILES string of the molecule is O=C(CCc1c(-c2ccc(F)cc2)[nH]c2ccc(F)cc12)NCc1ccoc1. The molecule has 0 bridgehead atoms. The fraction of sp³-hybridized carbons (Fsp3) is 0.136. The number of furan rings is 1. The highest BCUT2D eigenvalue weighted by Crippen LogP contribution is 2.32. The molecule has 0 spiro atoms. The zero-order chi connectivity index (χ0) is 19.5. The Labute approximate surface area is 160 Å². The first kappa shape index (κ1) is 18.0. The van der Waals surface area contributed by atoms with E-state index >= 15 is 0 Å². The minimum absolute atomic E-state index is 0.114. The Kier molecular flexibility index (Phi) is 4.93. The summed E-state index contributed by atoms with van der Waals surface area (Å²) in [6.07, 6.45) is 3.80. The topological polar surface area (TPSA) is 58.0 Å². The van der Waals surface area contributed by atoms with Crippen LogP contribution in [0.25, 0.3) is 22.2 Å². The van der Waals surface area contributed by atoms with E-state index in [1.54, 1.807) is 36.8 Å². The summed E-state index contributed by atoms with van der Waals surface area (Å²) in [4.78, 5) is 15.5. The van der Waals surface area contributed by atoms with Crippen molar-refractivity contribution in [3.05, 3.63) is 83.8 Å². The molecule has 2 heterocycles. The molecule has 0 aliphatic rings. The molecule has 0 aliphatic carbocycles. The minimum Gasteiger partial charge on any atom is -0.472 e. The Bertz CT molecular complexity index is 1100. The van der Waals surface area contributed by atoms with Gasteiger partial charge in [0.15, 0.2) is 0 Å². The summed E-state index contributed by atoms with van der Waals surface area (Å²) in [5, 5.41) is 3.56. The zero-order valence-corrected chi connectivity index (χ0v) is 15.0. The van der Waals surface area contributed by atoms with Gasteiger partial charge in [0.05, 0.1) is 12.5 Å². The van der Waals surface area contributed by atoms with Gasteiger partial charge in [-0.3, -0.25) is 4.79 Å². The summed E-state index contributed by atoms with van der Waals surface area (Å²) in [6.45, 7) is 0.392. The van der Waals surface area contributed by atoms with Crippen LogP contribution < -0.4 is 5.32 Å². The maximum atomic E-state index is 13.8. The number of aromatic nitrogens is 1. The highest BCUT2D eigenvalue weighted by molar-refractivity contribution is 5.91. The third-order valence-corrected chi connectivity index (χ3v) is 4.67. The van der Waals surface area contributed by atoms with Crippen molar-refractivity contribution in [3.8, 4) is 11.3 Å². The number of amides is 1. The fourth-order valence-electron chi connectivity index (χ4n) is 3.26. The lowest BCUT2D eigenvalue weighted by Crippen LogP contribution is -2.22. The average molecular weight is 380 g/mol. The first-order chi connectivity index (χ1) is 13.6. The number of hydrogen-bond donors (Lipinski definition) is 2. The van der Waals surface area contributed by atoms with Crippen LogP contribution in [0.5, 0.6) is 0 Å². The first-order valence-electron chi connectivity index (χ1n) is 8.94. The minimum atomic E-state index is -0.345. The predicted molar refractivity (Wildman–Crippen MR) is 103 cm³/mol. The molecule has 4 aromatic rings. The third kappa shape index (κ3) is 3.81. The molecule has 0 atom stereocenters. The van der Waals surface area contributed by atoms with Crippen LogP contribution in [0.1, 0.15) is 17.5 Å². The summed E-state index contributed by atoms with van der Waals surface area (Å²) in [7, 11) is 0. The van der Waals surface area contributed by atoms with Crippen LogP contribution in [0.3, 0.4) is 0 Å². The smallest absolute Gasteiger partial charge is 0.220 e. The van der Waals surface area contributed by atoms with Crippen molar-refractivity contribution in [1.29, 1.82) is 0 Å². The maximum Gasteiger partial charge on any atom is 0.220 e. The Morgan fingerprint density at radius 1 is 1.04 bits per heavy atom. The molecule has 0 fully saturated rings. The second kappa shape index (κ2) is 7.68. The lowest BCUT2D eigenvalue weighted by atomic mass is 10.0. The quantitative estimate of drug-likeness (QED) is 0.497. The monoisotopic (exact) mass is 380 g/mol. The molecular formula is C22H18F2N2O2. The van der Waals surface area contributed by atoms with Gasteiger partial charge in [0.25, 0.3) is 0 Å². The Balaban J connectivity index is 1.59. The molecular weight excluding hydrogens is 362 g/mol. The molecule has 0 aliphatic heterocycles. The van der Waals surface area contributed by atoms with Gasteiger partial charge in [-0.05, 0) is 66.1 Å². The van der Waals surface area contributed by atoms with Crippen LogP contribution in [-0.2, 0) is 17.8 Å². The van der Waals surface area contributed by atoms with E-state index in [1.165, 1.54) is 24.3 Å². The molecule has 0 radical (unpaired) electrons. The zero-order valence-electron chi connectivity index (χ0n) is 15.0. The molecule has 2 aromatic heterocycles. The highest BCUT2D eigenvalue weighted by atomic mass is 19.1. The average Bonchev–Trinajstić information content (AvgIpc) is 3.33. The molecule has 4 nitrogen and oxygen atoms in total. The molecule has 2 aromatic carbocycles. The standard InChI is InChI=1S/C22H18F2N2O2/c23-16-3-1-15(2-4-16)22-18(19-11-17(24)5-7-20(19)26-22)6-8-21(27)25-12-14-9-10-28-13-14/h1-5,7,9-11,13,26H,6,8,12H2,(H,25,27). The largest absolute Gasteiger partial charge is 0.472 e. The van der Waals surface area contributed by atoms with Crippen molar-refractivity contribution >= 4 is 16.8 Å². The van der Waals surface area contributed by atoms with Gasteiger partial charge in [-0.15, -0.1) is 0 Å². The highest BCUT2D eigenvalue weighted by Gasteiger charge is 2.15. The summed E-state index contributed by atoms with van der Waals surface area (Å²) >= 11 is 0. The van der Waals surface area contributed by atoms with Crippen molar-refractivity contribution in [2.24, 2.45) is 0 Å². The van der Waals surface area contributed by atoms with Gasteiger partial charge in [0.1, 0.15) is 11.6 Å². The Morgan fingerprint density at radius 3 is 2.57 bits per heavy atom. The molecule has 0 saturated heterocycles. The van der Waals surface area contributed by atoms with E-state index < -0.39 is 0 Å². The molecule has 2 N–H and O–H groups in total. The van der Waals surface area contributed by atoms with E-state index in [-0.39, 0.29) is 24.0 Å². The summed E-state index contributed by atoms with van der Waals surface area (Å²) in [6, 6.07) is 12.4. The van der Waals surface area contributed by atoms with Gasteiger partial charge >= 0.3 is 0 Å². The van der Waals surface area contributed by atoms with E-state index in [9.17, 15) is 13.6 Å². The van der Waals surface area contributed by atoms with E-state index in [4.69, 9.17) is 4.42 Å². The van der Waals surface area contributed by atoms with Crippen LogP contribution in [-0.4, -0.2) is 10.9 Å². The maximum absolute atomic E-state index is 13.8. The van der Waals surface area contributed by atoms with Crippen LogP contribution in [0.15, 0.2) is 65.5 Å². The van der Waals surface area contributed by atoms with Gasteiger partial charge in [0, 0.05) is 35.1 Å². The molecule has 4 rings (SSSR count). The molecule has 0 unspecified atom stereocenters. The summed E-state index contributed by atoms with van der Waals surface area (Å²) in [5.41, 5.74) is 4.04. The number of aromatic amines is 1. The van der Waals surface area contributed by atoms with E-state index in [0.717, 1.165) is 33.3 Å². The number of halogens is 2. The lowest BCUT2D eigenvalue weighted by Gasteiger charge is -2.07. The number of hydrogen-bond acceptors (Lipinski definition) is 2. The van der Waals surface area contributed by atoms with Crippen molar-refractivity contribution in [2.75, 3.05) is 0 Å². The van der Waals surface area contributed by atoms with Crippen LogP contribution in [0.2, 0.25) is 0 Å². The number of carbonyl (C=O) groups is 1.